The molecule has 1 aromatic rings. The number of aliphatic hydroxyl groups is 1. The molecule has 1 atom stereocenters. The number of nitrogens with one attached hydrogen (secondary N) is 1. The van der Waals surface area contributed by atoms with Crippen LogP contribution in [0.5, 0.6) is 0 Å². The highest BCUT2D eigenvalue weighted by Crippen LogP contribution is 2.16. The summed E-state index contributed by atoms with van der Waals surface area (Å²) in [6, 6.07) is 1.82. The summed E-state index contributed by atoms with van der Waals surface area (Å²) >= 11 is 3.70. The second-order valence-electron chi connectivity index (χ2n) is 2.70. The second kappa shape index (κ2) is 4.92. The van der Waals surface area contributed by atoms with E-state index in [9.17, 15) is 4.79 Å². The van der Waals surface area contributed by atoms with Crippen molar-refractivity contribution in [1.29, 1.82) is 0 Å². The zero-order valence-electron chi connectivity index (χ0n) is 7.08. The minimum Gasteiger partial charge on any atom is -0.392 e. The average Bonchev–Trinajstić information content (AvgIpc) is 2.47. The summed E-state index contributed by atoms with van der Waals surface area (Å²) < 4.78 is 1.08. The van der Waals surface area contributed by atoms with Crippen LogP contribution in [0.4, 0.5) is 0 Å². The predicted octanol–water partition coefficient (Wildman–Crippen LogP) is 1.46. The highest BCUT2D eigenvalue weighted by atomic mass is 127. The highest BCUT2D eigenvalue weighted by molar-refractivity contribution is 14.1. The van der Waals surface area contributed by atoms with E-state index in [1.54, 1.807) is 12.3 Å². The minimum absolute atomic E-state index is 0.125. The first kappa shape index (κ1) is 10.9. The first-order valence-corrected chi connectivity index (χ1v) is 5.75. The Morgan fingerprint density at radius 3 is 3.00 bits per heavy atom. The van der Waals surface area contributed by atoms with Crippen LogP contribution in [0, 0.1) is 2.88 Å². The van der Waals surface area contributed by atoms with Crippen molar-refractivity contribution in [3.05, 3.63) is 19.9 Å². The van der Waals surface area contributed by atoms with Crippen molar-refractivity contribution in [2.45, 2.75) is 13.0 Å². The van der Waals surface area contributed by atoms with Gasteiger partial charge in [0.25, 0.3) is 5.91 Å². The van der Waals surface area contributed by atoms with Crippen molar-refractivity contribution in [3.8, 4) is 0 Å². The van der Waals surface area contributed by atoms with Crippen LogP contribution in [-0.2, 0) is 0 Å². The van der Waals surface area contributed by atoms with E-state index in [0.29, 0.717) is 12.1 Å². The van der Waals surface area contributed by atoms with Gasteiger partial charge in [-0.1, -0.05) is 0 Å². The molecule has 2 N–H and O–H groups in total. The Labute approximate surface area is 94.3 Å². The number of hydrogen-bond acceptors (Lipinski definition) is 3. The molecule has 0 fully saturated rings. The second-order valence-corrected chi connectivity index (χ2v) is 5.50. The van der Waals surface area contributed by atoms with E-state index in [4.69, 9.17) is 5.11 Å². The molecule has 0 aliphatic heterocycles. The molecule has 0 spiro atoms. The van der Waals surface area contributed by atoms with Gasteiger partial charge in [-0.05, 0) is 35.6 Å². The Bertz CT molecular complexity index is 298. The third kappa shape index (κ3) is 3.61. The molecule has 0 saturated heterocycles. The van der Waals surface area contributed by atoms with E-state index < -0.39 is 6.10 Å². The molecule has 0 saturated carbocycles. The maximum absolute atomic E-state index is 11.3. The van der Waals surface area contributed by atoms with Crippen LogP contribution in [0.3, 0.4) is 0 Å². The van der Waals surface area contributed by atoms with Crippen molar-refractivity contribution in [3.63, 3.8) is 0 Å². The molecular weight excluding hydrogens is 301 g/mol. The molecule has 5 heteroatoms. The fourth-order valence-electron chi connectivity index (χ4n) is 0.772. The Morgan fingerprint density at radius 2 is 2.54 bits per heavy atom. The predicted molar refractivity (Wildman–Crippen MR) is 61.1 cm³/mol. The van der Waals surface area contributed by atoms with Gasteiger partial charge in [0.05, 0.1) is 14.6 Å². The fraction of sp³-hybridized carbons (Fsp3) is 0.375. The smallest absolute Gasteiger partial charge is 0.252 e. The van der Waals surface area contributed by atoms with Gasteiger partial charge in [0, 0.05) is 11.9 Å². The monoisotopic (exact) mass is 311 g/mol. The van der Waals surface area contributed by atoms with Crippen LogP contribution in [0.25, 0.3) is 0 Å². The van der Waals surface area contributed by atoms with Crippen LogP contribution in [-0.4, -0.2) is 23.7 Å². The third-order valence-electron chi connectivity index (χ3n) is 1.39. The first-order valence-electron chi connectivity index (χ1n) is 3.80. The largest absolute Gasteiger partial charge is 0.392 e. The molecule has 72 valence electrons. The van der Waals surface area contributed by atoms with Gasteiger partial charge in [-0.2, -0.15) is 0 Å². The van der Waals surface area contributed by atoms with Gasteiger partial charge < -0.3 is 10.4 Å². The quantitative estimate of drug-likeness (QED) is 0.831. The van der Waals surface area contributed by atoms with Crippen LogP contribution in [0.1, 0.15) is 17.3 Å². The van der Waals surface area contributed by atoms with Crippen LogP contribution in [0.15, 0.2) is 11.4 Å². The zero-order valence-corrected chi connectivity index (χ0v) is 10.1. The van der Waals surface area contributed by atoms with Crippen molar-refractivity contribution in [2.24, 2.45) is 0 Å². The lowest BCUT2D eigenvalue weighted by Crippen LogP contribution is -2.30. The number of carbonyl (C=O) groups is 1. The Morgan fingerprint density at radius 1 is 1.85 bits per heavy atom. The highest BCUT2D eigenvalue weighted by Gasteiger charge is 2.07. The zero-order chi connectivity index (χ0) is 9.84. The van der Waals surface area contributed by atoms with Crippen LogP contribution < -0.4 is 5.32 Å². The summed E-state index contributed by atoms with van der Waals surface area (Å²) in [6.45, 7) is 1.93. The lowest BCUT2D eigenvalue weighted by atomic mass is 10.3. The average molecular weight is 311 g/mol. The van der Waals surface area contributed by atoms with E-state index in [2.05, 4.69) is 27.9 Å². The van der Waals surface area contributed by atoms with Crippen molar-refractivity contribution in [2.75, 3.05) is 6.54 Å². The minimum atomic E-state index is -0.498. The molecule has 1 amide bonds. The maximum atomic E-state index is 11.3. The van der Waals surface area contributed by atoms with Crippen molar-refractivity contribution in [1.82, 2.24) is 5.32 Å². The van der Waals surface area contributed by atoms with Gasteiger partial charge in [0.1, 0.15) is 0 Å². The number of rotatable bonds is 3. The molecule has 1 heterocycles. The number of thiophene rings is 1. The Hall–Kier alpha value is -0.140. The van der Waals surface area contributed by atoms with E-state index in [1.165, 1.54) is 11.3 Å². The normalized spacial score (nSPS) is 12.5. The Kier molecular flexibility index (Phi) is 4.14. The molecule has 1 rings (SSSR count). The van der Waals surface area contributed by atoms with E-state index in [1.807, 2.05) is 6.07 Å². The number of halogens is 1. The molecule has 0 radical (unpaired) electrons. The van der Waals surface area contributed by atoms with Gasteiger partial charge in [-0.3, -0.25) is 4.79 Å². The third-order valence-corrected chi connectivity index (χ3v) is 3.18. The van der Waals surface area contributed by atoms with Crippen LogP contribution in [0.2, 0.25) is 0 Å². The summed E-state index contributed by atoms with van der Waals surface area (Å²) in [5.41, 5.74) is 0.662. The van der Waals surface area contributed by atoms with Gasteiger partial charge in [-0.25, -0.2) is 0 Å². The summed E-state index contributed by atoms with van der Waals surface area (Å²) in [4.78, 5) is 11.3. The molecule has 3 nitrogen and oxygen atoms in total. The van der Waals surface area contributed by atoms with Crippen molar-refractivity contribution < 1.29 is 9.90 Å². The molecule has 13 heavy (non-hydrogen) atoms. The summed E-state index contributed by atoms with van der Waals surface area (Å²) in [5.74, 6) is -0.125. The first-order chi connectivity index (χ1) is 6.09. The standard InChI is InChI=1S/C8H10INO2S/c1-5(11)3-10-8(12)6-2-7(9)13-4-6/h2,4-5,11H,3H2,1H3,(H,10,12)/t5-/m1/s1. The van der Waals surface area contributed by atoms with Gasteiger partial charge in [-0.15, -0.1) is 11.3 Å². The summed E-state index contributed by atoms with van der Waals surface area (Å²) in [5, 5.41) is 13.4. The maximum Gasteiger partial charge on any atom is 0.252 e. The number of aliphatic hydroxyl groups excluding tert-OH is 1. The van der Waals surface area contributed by atoms with E-state index >= 15 is 0 Å². The molecule has 0 aliphatic rings. The molecular formula is C8H10INO2S. The van der Waals surface area contributed by atoms with Gasteiger partial charge in [0.2, 0.25) is 0 Å². The fourth-order valence-corrected chi connectivity index (χ4v) is 2.10. The molecule has 0 bridgehead atoms. The molecule has 0 aliphatic carbocycles. The van der Waals surface area contributed by atoms with Gasteiger partial charge in [0.15, 0.2) is 0 Å². The SMILES string of the molecule is C[C@@H](O)CNC(=O)c1csc(I)c1. The lowest BCUT2D eigenvalue weighted by molar-refractivity contribution is 0.0924. The Balaban J connectivity index is 2.49. The lowest BCUT2D eigenvalue weighted by Gasteiger charge is -2.04. The van der Waals surface area contributed by atoms with E-state index in [-0.39, 0.29) is 5.91 Å². The number of carbonyl (C=O) groups excluding carboxylic acids is 1. The van der Waals surface area contributed by atoms with E-state index in [0.717, 1.165) is 2.88 Å². The molecule has 0 aromatic carbocycles. The summed E-state index contributed by atoms with van der Waals surface area (Å²) in [7, 11) is 0. The number of hydrogen-bond donors (Lipinski definition) is 2. The van der Waals surface area contributed by atoms with Crippen molar-refractivity contribution >= 4 is 39.8 Å². The van der Waals surface area contributed by atoms with Gasteiger partial charge >= 0.3 is 0 Å². The molecule has 0 unspecified atom stereocenters. The van der Waals surface area contributed by atoms with Crippen LogP contribution >= 0.6 is 33.9 Å². The topological polar surface area (TPSA) is 49.3 Å². The molecule has 1 aromatic heterocycles. The number of amides is 1. The summed E-state index contributed by atoms with van der Waals surface area (Å²) in [6.07, 6.45) is -0.498.